The fourth-order valence-corrected chi connectivity index (χ4v) is 4.69. The van der Waals surface area contributed by atoms with Gasteiger partial charge in [0, 0.05) is 18.2 Å². The second-order valence-electron chi connectivity index (χ2n) is 10.0. The summed E-state index contributed by atoms with van der Waals surface area (Å²) in [6, 6.07) is 15.5. The van der Waals surface area contributed by atoms with Gasteiger partial charge in [-0.05, 0) is 61.2 Å². The van der Waals surface area contributed by atoms with Crippen molar-refractivity contribution in [1.82, 2.24) is 19.2 Å². The summed E-state index contributed by atoms with van der Waals surface area (Å²) in [5.41, 5.74) is 6.43. The minimum Gasteiger partial charge on any atom is -0.330 e. The highest BCUT2D eigenvalue weighted by atomic mass is 19.1. The molecule has 2 N–H and O–H groups in total. The summed E-state index contributed by atoms with van der Waals surface area (Å²) < 4.78 is 45.0. The quantitative estimate of drug-likeness (QED) is 0.301. The molecule has 0 radical (unpaired) electrons. The molecule has 4 aromatic rings. The van der Waals surface area contributed by atoms with E-state index in [0.717, 1.165) is 22.4 Å². The van der Waals surface area contributed by atoms with Crippen LogP contribution in [0.1, 0.15) is 53.6 Å². The zero-order valence-electron chi connectivity index (χ0n) is 22.7. The highest BCUT2D eigenvalue weighted by Crippen LogP contribution is 2.30. The predicted octanol–water partition coefficient (Wildman–Crippen LogP) is 5.00. The van der Waals surface area contributed by atoms with E-state index in [1.807, 2.05) is 44.2 Å². The molecule has 0 spiro atoms. The molecular weight excluding hydrogens is 519 g/mol. The van der Waals surface area contributed by atoms with E-state index in [0.29, 0.717) is 24.6 Å². The van der Waals surface area contributed by atoms with Crippen LogP contribution in [-0.4, -0.2) is 38.2 Å². The van der Waals surface area contributed by atoms with Gasteiger partial charge >= 0.3 is 5.69 Å². The van der Waals surface area contributed by atoms with E-state index < -0.39 is 35.1 Å². The van der Waals surface area contributed by atoms with Crippen molar-refractivity contribution in [3.8, 4) is 5.69 Å². The number of hydrogen-bond acceptors (Lipinski definition) is 4. The van der Waals surface area contributed by atoms with Crippen LogP contribution in [0.3, 0.4) is 0 Å². The lowest BCUT2D eigenvalue weighted by atomic mass is 9.99. The van der Waals surface area contributed by atoms with E-state index in [4.69, 9.17) is 5.73 Å². The van der Waals surface area contributed by atoms with E-state index >= 15 is 0 Å². The van der Waals surface area contributed by atoms with Crippen LogP contribution >= 0.6 is 0 Å². The van der Waals surface area contributed by atoms with Gasteiger partial charge in [0.2, 0.25) is 0 Å². The van der Waals surface area contributed by atoms with Crippen molar-refractivity contribution >= 4 is 5.91 Å². The van der Waals surface area contributed by atoms with Gasteiger partial charge in [0.15, 0.2) is 5.82 Å². The van der Waals surface area contributed by atoms with Gasteiger partial charge in [-0.15, -0.1) is 5.10 Å². The van der Waals surface area contributed by atoms with E-state index in [1.54, 1.807) is 17.9 Å². The first kappa shape index (κ1) is 28.8. The number of aromatic nitrogens is 3. The van der Waals surface area contributed by atoms with Crippen molar-refractivity contribution in [1.29, 1.82) is 0 Å². The molecule has 1 atom stereocenters. The number of aryl methyl sites for hydroxylation is 1. The van der Waals surface area contributed by atoms with Crippen molar-refractivity contribution in [2.24, 2.45) is 11.7 Å². The Labute approximate surface area is 230 Å². The smallest absolute Gasteiger partial charge is 0.330 e. The maximum absolute atomic E-state index is 14.4. The number of halogens is 3. The summed E-state index contributed by atoms with van der Waals surface area (Å²) in [5, 5.41) is 4.55. The molecule has 0 aliphatic heterocycles. The predicted molar refractivity (Wildman–Crippen MR) is 147 cm³/mol. The van der Waals surface area contributed by atoms with Crippen molar-refractivity contribution in [3.63, 3.8) is 0 Å². The number of hydrogen-bond donors (Lipinski definition) is 1. The standard InChI is InChI=1S/C30H32F3N5O2/c1-19(2)27(36(13-7-12-34)29(39)22-11-10-20(3)26(33)14-22)28-35-38(25-16-23(31)15-24(32)17-25)30(40)37(28)18-21-8-5-4-6-9-21/h4-6,8-11,14-17,19,27H,7,12-13,18,34H2,1-3H3. The molecule has 210 valence electrons. The lowest BCUT2D eigenvalue weighted by molar-refractivity contribution is 0.0603. The molecule has 1 amide bonds. The minimum absolute atomic E-state index is 0.0847. The molecule has 4 rings (SSSR count). The second kappa shape index (κ2) is 12.3. The Morgan fingerprint density at radius 2 is 1.68 bits per heavy atom. The number of benzene rings is 3. The second-order valence-corrected chi connectivity index (χ2v) is 10.0. The third-order valence-corrected chi connectivity index (χ3v) is 6.68. The fourth-order valence-electron chi connectivity index (χ4n) is 4.69. The van der Waals surface area contributed by atoms with Crippen molar-refractivity contribution < 1.29 is 18.0 Å². The van der Waals surface area contributed by atoms with E-state index in [9.17, 15) is 22.8 Å². The van der Waals surface area contributed by atoms with Crippen molar-refractivity contribution in [2.45, 2.75) is 39.8 Å². The Balaban J connectivity index is 1.91. The highest BCUT2D eigenvalue weighted by Gasteiger charge is 2.34. The number of nitrogens with zero attached hydrogens (tertiary/aromatic N) is 4. The number of carbonyl (C=O) groups excluding carboxylic acids is 1. The topological polar surface area (TPSA) is 86.2 Å². The zero-order valence-corrected chi connectivity index (χ0v) is 22.7. The summed E-state index contributed by atoms with van der Waals surface area (Å²) in [6.45, 7) is 5.98. The summed E-state index contributed by atoms with van der Waals surface area (Å²) in [4.78, 5) is 29.1. The van der Waals surface area contributed by atoms with Crippen LogP contribution in [0.4, 0.5) is 13.2 Å². The summed E-state index contributed by atoms with van der Waals surface area (Å²) in [6.07, 6.45) is 0.446. The van der Waals surface area contributed by atoms with Crippen molar-refractivity contribution in [3.05, 3.63) is 117 Å². The number of nitrogens with two attached hydrogens (primary N) is 1. The Morgan fingerprint density at radius 3 is 2.27 bits per heavy atom. The molecular formula is C30H32F3N5O2. The molecule has 7 nitrogen and oxygen atoms in total. The van der Waals surface area contributed by atoms with Crippen LogP contribution in [0.2, 0.25) is 0 Å². The third kappa shape index (κ3) is 6.17. The van der Waals surface area contributed by atoms with Crippen molar-refractivity contribution in [2.75, 3.05) is 13.1 Å². The van der Waals surface area contributed by atoms with Gasteiger partial charge < -0.3 is 10.6 Å². The van der Waals surface area contributed by atoms with Gasteiger partial charge in [-0.2, -0.15) is 4.68 Å². The molecule has 40 heavy (non-hydrogen) atoms. The SMILES string of the molecule is Cc1ccc(C(=O)N(CCCN)C(c2nn(-c3cc(F)cc(F)c3)c(=O)n2Cc2ccccc2)C(C)C)cc1F. The molecule has 1 heterocycles. The molecule has 10 heteroatoms. The van der Waals surface area contributed by atoms with Crippen LogP contribution in [-0.2, 0) is 6.54 Å². The Bertz CT molecular complexity index is 1530. The van der Waals surface area contributed by atoms with E-state index in [1.165, 1.54) is 16.7 Å². The molecule has 0 saturated carbocycles. The van der Waals surface area contributed by atoms with Crippen LogP contribution in [0.25, 0.3) is 5.69 Å². The molecule has 0 aliphatic rings. The first-order valence-corrected chi connectivity index (χ1v) is 13.1. The maximum atomic E-state index is 14.4. The van der Waals surface area contributed by atoms with Gasteiger partial charge in [-0.1, -0.05) is 50.2 Å². The first-order chi connectivity index (χ1) is 19.1. The lowest BCUT2D eigenvalue weighted by Crippen LogP contribution is -2.41. The van der Waals surface area contributed by atoms with Gasteiger partial charge in [0.25, 0.3) is 5.91 Å². The molecule has 1 aromatic heterocycles. The van der Waals surface area contributed by atoms with Crippen LogP contribution < -0.4 is 11.4 Å². The molecule has 0 bridgehead atoms. The first-order valence-electron chi connectivity index (χ1n) is 13.1. The highest BCUT2D eigenvalue weighted by molar-refractivity contribution is 5.94. The number of amides is 1. The number of carbonyl (C=O) groups is 1. The fraction of sp³-hybridized carbons (Fsp3) is 0.300. The van der Waals surface area contributed by atoms with Gasteiger partial charge in [0.05, 0.1) is 18.3 Å². The molecule has 3 aromatic carbocycles. The molecule has 0 fully saturated rings. The maximum Gasteiger partial charge on any atom is 0.351 e. The third-order valence-electron chi connectivity index (χ3n) is 6.68. The number of rotatable bonds is 10. The van der Waals surface area contributed by atoms with E-state index in [2.05, 4.69) is 5.10 Å². The Kier molecular flexibility index (Phi) is 8.89. The van der Waals surface area contributed by atoms with Gasteiger partial charge in [0.1, 0.15) is 17.5 Å². The van der Waals surface area contributed by atoms with Crippen LogP contribution in [0, 0.1) is 30.3 Å². The van der Waals surface area contributed by atoms with Gasteiger partial charge in [-0.25, -0.2) is 18.0 Å². The van der Waals surface area contributed by atoms with Crippen LogP contribution in [0.15, 0.2) is 71.5 Å². The van der Waals surface area contributed by atoms with Crippen LogP contribution in [0.5, 0.6) is 0 Å². The van der Waals surface area contributed by atoms with E-state index in [-0.39, 0.29) is 36.1 Å². The normalized spacial score (nSPS) is 12.1. The minimum atomic E-state index is -0.859. The average Bonchev–Trinajstić information content (AvgIpc) is 3.22. The monoisotopic (exact) mass is 551 g/mol. The summed E-state index contributed by atoms with van der Waals surface area (Å²) >= 11 is 0. The van der Waals surface area contributed by atoms with Gasteiger partial charge in [-0.3, -0.25) is 9.36 Å². The molecule has 0 saturated heterocycles. The average molecular weight is 552 g/mol. The Morgan fingerprint density at radius 1 is 1.00 bits per heavy atom. The molecule has 1 unspecified atom stereocenters. The lowest BCUT2D eigenvalue weighted by Gasteiger charge is -2.34. The summed E-state index contributed by atoms with van der Waals surface area (Å²) in [5.74, 6) is -2.71. The largest absolute Gasteiger partial charge is 0.351 e. The Hall–Kier alpha value is -4.18. The molecule has 0 aliphatic carbocycles. The summed E-state index contributed by atoms with van der Waals surface area (Å²) in [7, 11) is 0. The zero-order chi connectivity index (χ0) is 29.0.